The monoisotopic (exact) mass is 202 g/mol. The van der Waals surface area contributed by atoms with E-state index in [-0.39, 0.29) is 0 Å². The maximum Gasteiger partial charge on any atom is 0.291 e. The van der Waals surface area contributed by atoms with Crippen molar-refractivity contribution < 1.29 is 14.9 Å². The average molecular weight is 202 g/mol. The van der Waals surface area contributed by atoms with E-state index in [9.17, 15) is 0 Å². The highest BCUT2D eigenvalue weighted by Crippen LogP contribution is 1.91. The van der Waals surface area contributed by atoms with Crippen LogP contribution in [0.25, 0.3) is 0 Å². The Morgan fingerprint density at radius 3 is 2.57 bits per heavy atom. The van der Waals surface area contributed by atoms with Crippen molar-refractivity contribution in [3.8, 4) is 0 Å². The summed E-state index contributed by atoms with van der Waals surface area (Å²) >= 11 is 0. The van der Waals surface area contributed by atoms with Gasteiger partial charge in [0.25, 0.3) is 5.09 Å². The largest absolute Gasteiger partial charge is 0.328 e. The van der Waals surface area contributed by atoms with E-state index < -0.39 is 5.09 Å². The Morgan fingerprint density at radius 2 is 2.21 bits per heavy atom. The van der Waals surface area contributed by atoms with Gasteiger partial charge in [-0.2, -0.15) is 0 Å². The van der Waals surface area contributed by atoms with Crippen LogP contribution in [0.1, 0.15) is 19.8 Å². The van der Waals surface area contributed by atoms with Gasteiger partial charge in [0.05, 0.1) is 13.6 Å². The molecule has 1 rings (SSSR count). The molecule has 14 heavy (non-hydrogen) atoms. The van der Waals surface area contributed by atoms with Crippen molar-refractivity contribution in [3.05, 3.63) is 28.8 Å². The third-order valence-electron chi connectivity index (χ3n) is 1.59. The fourth-order valence-corrected chi connectivity index (χ4v) is 0.975. The van der Waals surface area contributed by atoms with E-state index in [2.05, 4.69) is 34.8 Å². The summed E-state index contributed by atoms with van der Waals surface area (Å²) in [7, 11) is 2.04. The van der Waals surface area contributed by atoms with Gasteiger partial charge in [-0.15, -0.1) is 10.1 Å². The highest BCUT2D eigenvalue weighted by Gasteiger charge is 1.96. The maximum atomic E-state index is 8.36. The van der Waals surface area contributed by atoms with Gasteiger partial charge in [0.15, 0.2) is 0 Å². The fraction of sp³-hybridized carbons (Fsp3) is 0.625. The van der Waals surface area contributed by atoms with Crippen LogP contribution in [0.5, 0.6) is 0 Å². The molecule has 0 saturated heterocycles. The standard InChI is InChI=1S/C8H15N2.HNO3/c1-3-4-5-10-7-6-9(2)8-10;2-1(3)4/h6-8H,3-5H2,1-2H3;(H,2,3,4)/q+1;. The lowest BCUT2D eigenvalue weighted by Crippen LogP contribution is -2.23. The Balaban J connectivity index is 0.000000364. The zero-order valence-electron chi connectivity index (χ0n) is 8.46. The van der Waals surface area contributed by atoms with Gasteiger partial charge in [-0.05, 0) is 6.42 Å². The van der Waals surface area contributed by atoms with Gasteiger partial charge < -0.3 is 5.21 Å². The number of nitrogens with zero attached hydrogens (tertiary/aromatic N) is 3. The highest BCUT2D eigenvalue weighted by atomic mass is 16.9. The first-order valence-corrected chi connectivity index (χ1v) is 4.40. The number of hydrogen-bond donors (Lipinski definition) is 1. The van der Waals surface area contributed by atoms with Crippen LogP contribution in [0.15, 0.2) is 18.7 Å². The second-order valence-corrected chi connectivity index (χ2v) is 2.91. The van der Waals surface area contributed by atoms with Gasteiger partial charge in [0.1, 0.15) is 12.4 Å². The summed E-state index contributed by atoms with van der Waals surface area (Å²) < 4.78 is 4.28. The van der Waals surface area contributed by atoms with Crippen LogP contribution in [-0.4, -0.2) is 14.9 Å². The number of aryl methyl sites for hydroxylation is 2. The lowest BCUT2D eigenvalue weighted by Gasteiger charge is -1.90. The Labute approximate surface area is 82.5 Å². The molecule has 1 heterocycles. The summed E-state index contributed by atoms with van der Waals surface area (Å²) in [6, 6.07) is 0. The third-order valence-corrected chi connectivity index (χ3v) is 1.59. The number of unbranched alkanes of at least 4 members (excludes halogenated alkanes) is 1. The van der Waals surface area contributed by atoms with Crippen molar-refractivity contribution in [2.45, 2.75) is 26.3 Å². The second-order valence-electron chi connectivity index (χ2n) is 2.91. The molecule has 0 spiro atoms. The van der Waals surface area contributed by atoms with Gasteiger partial charge in [-0.3, -0.25) is 0 Å². The lowest BCUT2D eigenvalue weighted by molar-refractivity contribution is -0.742. The average Bonchev–Trinajstić information content (AvgIpc) is 2.47. The van der Waals surface area contributed by atoms with Gasteiger partial charge in [0.2, 0.25) is 6.33 Å². The van der Waals surface area contributed by atoms with E-state index in [4.69, 9.17) is 15.3 Å². The molecular formula is C8H16N3O3+. The SMILES string of the molecule is CCCCn1cc[n+](C)c1.O=[N+]([O-])O. The molecule has 0 atom stereocenters. The molecule has 0 saturated carbocycles. The predicted molar refractivity (Wildman–Crippen MR) is 49.3 cm³/mol. The molecule has 0 aliphatic carbocycles. The summed E-state index contributed by atoms with van der Waals surface area (Å²) in [6.07, 6.45) is 8.82. The Hall–Kier alpha value is -1.59. The first kappa shape index (κ1) is 12.4. The number of rotatable bonds is 3. The molecule has 0 radical (unpaired) electrons. The van der Waals surface area contributed by atoms with Crippen LogP contribution < -0.4 is 4.57 Å². The molecule has 0 aliphatic rings. The van der Waals surface area contributed by atoms with Crippen molar-refractivity contribution in [1.82, 2.24) is 4.57 Å². The van der Waals surface area contributed by atoms with Crippen LogP contribution in [0, 0.1) is 10.1 Å². The second kappa shape index (κ2) is 6.88. The van der Waals surface area contributed by atoms with Gasteiger partial charge >= 0.3 is 0 Å². The van der Waals surface area contributed by atoms with E-state index in [1.807, 2.05) is 7.05 Å². The molecule has 0 fully saturated rings. The van der Waals surface area contributed by atoms with Crippen molar-refractivity contribution in [2.75, 3.05) is 0 Å². The van der Waals surface area contributed by atoms with Crippen molar-refractivity contribution in [1.29, 1.82) is 0 Å². The number of imidazole rings is 1. The summed E-state index contributed by atoms with van der Waals surface area (Å²) in [5, 5.41) is 13.6. The lowest BCUT2D eigenvalue weighted by atomic mass is 10.3. The van der Waals surface area contributed by atoms with Crippen molar-refractivity contribution in [3.63, 3.8) is 0 Å². The minimum Gasteiger partial charge on any atom is -0.328 e. The smallest absolute Gasteiger partial charge is 0.291 e. The minimum absolute atomic E-state index is 1.15. The molecule has 80 valence electrons. The molecule has 0 amide bonds. The van der Waals surface area contributed by atoms with Crippen LogP contribution >= 0.6 is 0 Å². The predicted octanol–water partition coefficient (Wildman–Crippen LogP) is 0.765. The molecule has 1 aromatic heterocycles. The molecular weight excluding hydrogens is 186 g/mol. The third kappa shape index (κ3) is 7.08. The molecule has 6 heteroatoms. The van der Waals surface area contributed by atoms with Gasteiger partial charge in [-0.1, -0.05) is 13.3 Å². The van der Waals surface area contributed by atoms with Gasteiger partial charge in [0, 0.05) is 0 Å². The van der Waals surface area contributed by atoms with Crippen molar-refractivity contribution in [2.24, 2.45) is 7.05 Å². The molecule has 1 aromatic rings. The van der Waals surface area contributed by atoms with Gasteiger partial charge in [-0.25, -0.2) is 9.13 Å². The van der Waals surface area contributed by atoms with E-state index in [1.54, 1.807) is 0 Å². The van der Waals surface area contributed by atoms with Crippen LogP contribution in [0.2, 0.25) is 0 Å². The summed E-state index contributed by atoms with van der Waals surface area (Å²) in [5.41, 5.74) is 0. The molecule has 1 N–H and O–H groups in total. The molecule has 0 aliphatic heterocycles. The quantitative estimate of drug-likeness (QED) is 0.447. The van der Waals surface area contributed by atoms with E-state index in [0.717, 1.165) is 6.54 Å². The normalized spacial score (nSPS) is 9.00. The zero-order valence-corrected chi connectivity index (χ0v) is 8.46. The summed E-state index contributed by atoms with van der Waals surface area (Å²) in [4.78, 5) is 8.36. The van der Waals surface area contributed by atoms with E-state index in [1.165, 1.54) is 12.8 Å². The van der Waals surface area contributed by atoms with Crippen LogP contribution in [0.3, 0.4) is 0 Å². The van der Waals surface area contributed by atoms with Crippen LogP contribution in [0.4, 0.5) is 0 Å². The zero-order chi connectivity index (χ0) is 11.0. The maximum absolute atomic E-state index is 8.36. The molecule has 0 unspecified atom stereocenters. The van der Waals surface area contributed by atoms with Crippen LogP contribution in [-0.2, 0) is 13.6 Å². The minimum atomic E-state index is -1.50. The molecule has 0 aromatic carbocycles. The first-order valence-electron chi connectivity index (χ1n) is 4.40. The topological polar surface area (TPSA) is 72.2 Å². The first-order chi connectivity index (χ1) is 6.56. The molecule has 0 bridgehead atoms. The van der Waals surface area contributed by atoms with E-state index >= 15 is 0 Å². The molecule has 6 nitrogen and oxygen atoms in total. The fourth-order valence-electron chi connectivity index (χ4n) is 0.975. The highest BCUT2D eigenvalue weighted by molar-refractivity contribution is 4.65. The summed E-state index contributed by atoms with van der Waals surface area (Å²) in [5.74, 6) is 0. The van der Waals surface area contributed by atoms with E-state index in [0.29, 0.717) is 0 Å². The Bertz CT molecular complexity index is 269. The number of aromatic nitrogens is 2. The Morgan fingerprint density at radius 1 is 1.64 bits per heavy atom. The Kier molecular flexibility index (Phi) is 6.09. The van der Waals surface area contributed by atoms with Crippen molar-refractivity contribution >= 4 is 0 Å². The summed E-state index contributed by atoms with van der Waals surface area (Å²) in [6.45, 7) is 3.36. The number of hydrogen-bond acceptors (Lipinski definition) is 2.